The van der Waals surface area contributed by atoms with Crippen LogP contribution >= 0.6 is 0 Å². The van der Waals surface area contributed by atoms with Gasteiger partial charge in [0, 0.05) is 33.4 Å². The SMILES string of the molecule is C=C(C)C(=O)OCOc1ccc(C#Cc2ccc(C#Cc3ccc(-c4ccc(OCOC(=O)C(=C)C)cc4)cc3)cc2OCOC(=O)C(=C)C)cc1. The molecule has 0 fully saturated rings. The minimum absolute atomic E-state index is 0.199. The summed E-state index contributed by atoms with van der Waals surface area (Å²) in [6.45, 7) is 14.5. The Labute approximate surface area is 303 Å². The Balaban J connectivity index is 1.44. The van der Waals surface area contributed by atoms with Crippen LogP contribution < -0.4 is 14.2 Å². The normalized spacial score (nSPS) is 9.83. The Hall–Kier alpha value is -6.97. The van der Waals surface area contributed by atoms with E-state index in [-0.39, 0.29) is 31.5 Å². The summed E-state index contributed by atoms with van der Waals surface area (Å²) in [5.41, 5.74) is 5.51. The molecule has 0 heterocycles. The summed E-state index contributed by atoms with van der Waals surface area (Å²) in [6.07, 6.45) is 0. The zero-order chi connectivity index (χ0) is 37.5. The summed E-state index contributed by atoms with van der Waals surface area (Å²) in [4.78, 5) is 34.9. The summed E-state index contributed by atoms with van der Waals surface area (Å²) in [6, 6.07) is 27.5. The van der Waals surface area contributed by atoms with Crippen molar-refractivity contribution in [2.24, 2.45) is 0 Å². The standard InChI is InChI=1S/C43H36O9/c1-29(2)41(44)50-26-47-38-21-13-33(14-22-38)11-17-37-18-12-34(25-40(37)49-28-52-43(46)31(5)6)8-7-32-9-15-35(16-10-32)36-19-23-39(24-20-36)48-27-51-42(45)30(3)4/h9-10,12-16,18-25H,1,3,5,26-28H2,2,4,6H3. The van der Waals surface area contributed by atoms with E-state index < -0.39 is 17.9 Å². The molecule has 262 valence electrons. The van der Waals surface area contributed by atoms with Crippen molar-refractivity contribution in [2.45, 2.75) is 20.8 Å². The van der Waals surface area contributed by atoms with Crippen LogP contribution in [0, 0.1) is 23.7 Å². The van der Waals surface area contributed by atoms with Crippen LogP contribution in [0.3, 0.4) is 0 Å². The smallest absolute Gasteiger partial charge is 0.335 e. The van der Waals surface area contributed by atoms with Gasteiger partial charge in [-0.15, -0.1) is 0 Å². The van der Waals surface area contributed by atoms with Crippen LogP contribution in [0.2, 0.25) is 0 Å². The first-order valence-electron chi connectivity index (χ1n) is 15.8. The molecular weight excluding hydrogens is 660 g/mol. The zero-order valence-electron chi connectivity index (χ0n) is 29.1. The quantitative estimate of drug-likeness (QED) is 0.0461. The molecule has 0 bridgehead atoms. The Morgan fingerprint density at radius 2 is 0.846 bits per heavy atom. The van der Waals surface area contributed by atoms with Crippen LogP contribution in [0.5, 0.6) is 17.2 Å². The second-order valence-corrected chi connectivity index (χ2v) is 11.3. The van der Waals surface area contributed by atoms with Gasteiger partial charge >= 0.3 is 17.9 Å². The molecule has 9 nitrogen and oxygen atoms in total. The van der Waals surface area contributed by atoms with Crippen LogP contribution in [0.25, 0.3) is 11.1 Å². The third-order valence-corrected chi connectivity index (χ3v) is 6.88. The minimum atomic E-state index is -0.574. The van der Waals surface area contributed by atoms with Crippen molar-refractivity contribution in [3.8, 4) is 52.1 Å². The van der Waals surface area contributed by atoms with E-state index in [0.717, 1.165) is 16.7 Å². The van der Waals surface area contributed by atoms with Crippen LogP contribution in [-0.4, -0.2) is 38.3 Å². The molecule has 52 heavy (non-hydrogen) atoms. The van der Waals surface area contributed by atoms with Gasteiger partial charge in [-0.2, -0.15) is 0 Å². The van der Waals surface area contributed by atoms with Gasteiger partial charge in [-0.3, -0.25) is 0 Å². The average molecular weight is 697 g/mol. The average Bonchev–Trinajstić information content (AvgIpc) is 3.14. The summed E-state index contributed by atoms with van der Waals surface area (Å²) in [5, 5.41) is 0. The number of rotatable bonds is 13. The van der Waals surface area contributed by atoms with Crippen molar-refractivity contribution in [3.05, 3.63) is 150 Å². The molecule has 4 rings (SSSR count). The Bertz CT molecular complexity index is 2080. The Morgan fingerprint density at radius 3 is 1.33 bits per heavy atom. The van der Waals surface area contributed by atoms with E-state index in [1.165, 1.54) is 0 Å². The molecule has 0 N–H and O–H groups in total. The Kier molecular flexibility index (Phi) is 13.6. The summed E-state index contributed by atoms with van der Waals surface area (Å²) in [5.74, 6) is 12.3. The summed E-state index contributed by atoms with van der Waals surface area (Å²) >= 11 is 0. The molecule has 0 atom stereocenters. The third-order valence-electron chi connectivity index (χ3n) is 6.88. The lowest BCUT2D eigenvalue weighted by atomic mass is 10.0. The highest BCUT2D eigenvalue weighted by Gasteiger charge is 2.08. The van der Waals surface area contributed by atoms with Crippen LogP contribution in [0.15, 0.2) is 127 Å². The van der Waals surface area contributed by atoms with Gasteiger partial charge in [-0.25, -0.2) is 14.4 Å². The highest BCUT2D eigenvalue weighted by Crippen LogP contribution is 2.24. The van der Waals surface area contributed by atoms with E-state index in [1.807, 2.05) is 42.5 Å². The molecule has 0 saturated heterocycles. The fraction of sp³-hybridized carbons (Fsp3) is 0.140. The predicted octanol–water partition coefficient (Wildman–Crippen LogP) is 7.52. The maximum absolute atomic E-state index is 11.9. The van der Waals surface area contributed by atoms with Crippen LogP contribution in [0.1, 0.15) is 43.0 Å². The lowest BCUT2D eigenvalue weighted by molar-refractivity contribution is -0.146. The highest BCUT2D eigenvalue weighted by atomic mass is 16.7. The fourth-order valence-electron chi connectivity index (χ4n) is 4.05. The highest BCUT2D eigenvalue weighted by molar-refractivity contribution is 5.87. The predicted molar refractivity (Wildman–Crippen MR) is 196 cm³/mol. The van der Waals surface area contributed by atoms with Crippen molar-refractivity contribution < 1.29 is 42.8 Å². The zero-order valence-corrected chi connectivity index (χ0v) is 29.1. The van der Waals surface area contributed by atoms with Gasteiger partial charge in [0.1, 0.15) is 17.2 Å². The second kappa shape index (κ2) is 18.7. The molecule has 4 aromatic carbocycles. The first-order chi connectivity index (χ1) is 25.0. The molecule has 9 heteroatoms. The maximum Gasteiger partial charge on any atom is 0.335 e. The number of hydrogen-bond donors (Lipinski definition) is 0. The molecule has 0 spiro atoms. The van der Waals surface area contributed by atoms with Crippen LogP contribution in [0.4, 0.5) is 0 Å². The molecule has 0 aromatic heterocycles. The summed E-state index contributed by atoms with van der Waals surface area (Å²) < 4.78 is 31.7. The van der Waals surface area contributed by atoms with Crippen molar-refractivity contribution in [1.82, 2.24) is 0 Å². The van der Waals surface area contributed by atoms with Gasteiger partial charge in [0.25, 0.3) is 0 Å². The Morgan fingerprint density at radius 1 is 0.481 bits per heavy atom. The third kappa shape index (κ3) is 11.9. The fourth-order valence-corrected chi connectivity index (χ4v) is 4.05. The first-order valence-corrected chi connectivity index (χ1v) is 15.8. The number of carbonyl (C=O) groups excluding carboxylic acids is 3. The van der Waals surface area contributed by atoms with E-state index >= 15 is 0 Å². The molecule has 4 aromatic rings. The van der Waals surface area contributed by atoms with Crippen molar-refractivity contribution in [2.75, 3.05) is 20.4 Å². The number of esters is 3. The van der Waals surface area contributed by atoms with Gasteiger partial charge in [-0.1, -0.05) is 67.7 Å². The molecule has 0 saturated carbocycles. The van der Waals surface area contributed by atoms with Gasteiger partial charge in [0.15, 0.2) is 0 Å². The van der Waals surface area contributed by atoms with Crippen LogP contribution in [-0.2, 0) is 28.6 Å². The molecule has 0 aliphatic carbocycles. The molecule has 0 unspecified atom stereocenters. The van der Waals surface area contributed by atoms with E-state index in [4.69, 9.17) is 28.4 Å². The van der Waals surface area contributed by atoms with E-state index in [0.29, 0.717) is 39.5 Å². The molecule has 0 aliphatic heterocycles. The maximum atomic E-state index is 11.9. The first kappa shape index (κ1) is 37.8. The van der Waals surface area contributed by atoms with E-state index in [2.05, 4.69) is 43.4 Å². The van der Waals surface area contributed by atoms with Crippen molar-refractivity contribution >= 4 is 17.9 Å². The lowest BCUT2D eigenvalue weighted by Crippen LogP contribution is -2.11. The second-order valence-electron chi connectivity index (χ2n) is 11.3. The summed E-state index contributed by atoms with van der Waals surface area (Å²) in [7, 11) is 0. The minimum Gasteiger partial charge on any atom is -0.457 e. The van der Waals surface area contributed by atoms with E-state index in [1.54, 1.807) is 69.3 Å². The van der Waals surface area contributed by atoms with Gasteiger partial charge in [0.2, 0.25) is 20.4 Å². The topological polar surface area (TPSA) is 107 Å². The number of ether oxygens (including phenoxy) is 6. The number of benzene rings is 4. The monoisotopic (exact) mass is 696 g/mol. The largest absolute Gasteiger partial charge is 0.457 e. The van der Waals surface area contributed by atoms with Gasteiger partial charge in [0.05, 0.1) is 5.56 Å². The molecule has 0 amide bonds. The number of carbonyl (C=O) groups is 3. The van der Waals surface area contributed by atoms with Gasteiger partial charge < -0.3 is 28.4 Å². The van der Waals surface area contributed by atoms with Crippen molar-refractivity contribution in [3.63, 3.8) is 0 Å². The molecule has 0 radical (unpaired) electrons. The van der Waals surface area contributed by atoms with Gasteiger partial charge in [-0.05, 0) is 98.6 Å². The lowest BCUT2D eigenvalue weighted by Gasteiger charge is -2.09. The molecule has 0 aliphatic rings. The van der Waals surface area contributed by atoms with E-state index in [9.17, 15) is 14.4 Å². The number of hydrogen-bond acceptors (Lipinski definition) is 9. The molecular formula is C43H36O9. The van der Waals surface area contributed by atoms with Crippen molar-refractivity contribution in [1.29, 1.82) is 0 Å².